The topological polar surface area (TPSA) is 43.7 Å². The first-order valence-corrected chi connectivity index (χ1v) is 4.34. The van der Waals surface area contributed by atoms with E-state index < -0.39 is 0 Å². The highest BCUT2D eigenvalue weighted by molar-refractivity contribution is 4.84. The molecule has 0 aromatic heterocycles. The largest absolute Gasteiger partial charge is 0.396 e. The van der Waals surface area contributed by atoms with Crippen molar-refractivity contribution in [2.24, 2.45) is 0 Å². The Balaban J connectivity index is 2.10. The van der Waals surface area contributed by atoms with E-state index >= 15 is 0 Å². The second-order valence-corrected chi connectivity index (χ2v) is 3.07. The maximum Gasteiger partial charge on any atom is 0.0558 e. The Labute approximate surface area is 67.6 Å². The predicted molar refractivity (Wildman–Crippen MR) is 43.4 cm³/mol. The SMILES string of the molecule is OCCCN(CCO)C1CC1. The first kappa shape index (κ1) is 8.97. The van der Waals surface area contributed by atoms with Crippen molar-refractivity contribution < 1.29 is 10.2 Å². The molecular formula is C8H17NO2. The third-order valence-corrected chi connectivity index (χ3v) is 2.05. The summed E-state index contributed by atoms with van der Waals surface area (Å²) < 4.78 is 0. The number of nitrogens with zero attached hydrogens (tertiary/aromatic N) is 1. The first-order chi connectivity index (χ1) is 5.38. The van der Waals surface area contributed by atoms with E-state index in [1.807, 2.05) is 0 Å². The number of hydrogen-bond acceptors (Lipinski definition) is 3. The lowest BCUT2D eigenvalue weighted by atomic mass is 10.4. The molecule has 0 saturated heterocycles. The number of aliphatic hydroxyl groups is 2. The van der Waals surface area contributed by atoms with E-state index in [9.17, 15) is 0 Å². The fourth-order valence-corrected chi connectivity index (χ4v) is 1.32. The Morgan fingerprint density at radius 2 is 1.82 bits per heavy atom. The van der Waals surface area contributed by atoms with Gasteiger partial charge in [-0.15, -0.1) is 0 Å². The Morgan fingerprint density at radius 3 is 2.27 bits per heavy atom. The van der Waals surface area contributed by atoms with Gasteiger partial charge in [-0.3, -0.25) is 4.90 Å². The summed E-state index contributed by atoms with van der Waals surface area (Å²) in [7, 11) is 0. The summed E-state index contributed by atoms with van der Waals surface area (Å²) in [6, 6.07) is 0.702. The average Bonchev–Trinajstić information content (AvgIpc) is 2.80. The quantitative estimate of drug-likeness (QED) is 0.565. The minimum Gasteiger partial charge on any atom is -0.396 e. The van der Waals surface area contributed by atoms with Crippen LogP contribution in [0.2, 0.25) is 0 Å². The molecule has 0 aromatic rings. The molecule has 1 aliphatic carbocycles. The van der Waals surface area contributed by atoms with Crippen molar-refractivity contribution in [3.8, 4) is 0 Å². The summed E-state index contributed by atoms with van der Waals surface area (Å²) in [5.74, 6) is 0. The van der Waals surface area contributed by atoms with E-state index in [1.165, 1.54) is 12.8 Å². The van der Waals surface area contributed by atoms with Crippen molar-refractivity contribution in [1.29, 1.82) is 0 Å². The van der Waals surface area contributed by atoms with Crippen LogP contribution in [0.5, 0.6) is 0 Å². The van der Waals surface area contributed by atoms with E-state index in [-0.39, 0.29) is 13.2 Å². The second kappa shape index (κ2) is 4.70. The maximum atomic E-state index is 8.71. The smallest absolute Gasteiger partial charge is 0.0558 e. The summed E-state index contributed by atoms with van der Waals surface area (Å²) in [5.41, 5.74) is 0. The van der Waals surface area contributed by atoms with Crippen molar-refractivity contribution in [2.75, 3.05) is 26.3 Å². The van der Waals surface area contributed by atoms with Crippen molar-refractivity contribution in [3.05, 3.63) is 0 Å². The van der Waals surface area contributed by atoms with Crippen LogP contribution >= 0.6 is 0 Å². The molecule has 66 valence electrons. The van der Waals surface area contributed by atoms with E-state index in [4.69, 9.17) is 10.2 Å². The van der Waals surface area contributed by atoms with Crippen molar-refractivity contribution >= 4 is 0 Å². The number of rotatable bonds is 6. The monoisotopic (exact) mass is 159 g/mol. The zero-order valence-corrected chi connectivity index (χ0v) is 6.87. The van der Waals surface area contributed by atoms with Gasteiger partial charge in [0.15, 0.2) is 0 Å². The molecule has 0 bridgehead atoms. The van der Waals surface area contributed by atoms with Crippen molar-refractivity contribution in [2.45, 2.75) is 25.3 Å². The molecule has 0 unspecified atom stereocenters. The van der Waals surface area contributed by atoms with Gasteiger partial charge in [0.25, 0.3) is 0 Å². The lowest BCUT2D eigenvalue weighted by Crippen LogP contribution is -2.30. The normalized spacial score (nSPS) is 17.7. The van der Waals surface area contributed by atoms with Gasteiger partial charge >= 0.3 is 0 Å². The summed E-state index contributed by atoms with van der Waals surface area (Å²) in [6.45, 7) is 2.20. The van der Waals surface area contributed by atoms with Crippen LogP contribution < -0.4 is 0 Å². The van der Waals surface area contributed by atoms with Gasteiger partial charge in [-0.2, -0.15) is 0 Å². The van der Waals surface area contributed by atoms with Crippen LogP contribution in [0.4, 0.5) is 0 Å². The fraction of sp³-hybridized carbons (Fsp3) is 1.00. The Hall–Kier alpha value is -0.120. The van der Waals surface area contributed by atoms with Gasteiger partial charge in [0.2, 0.25) is 0 Å². The number of aliphatic hydroxyl groups excluding tert-OH is 2. The fourth-order valence-electron chi connectivity index (χ4n) is 1.32. The van der Waals surface area contributed by atoms with E-state index in [0.29, 0.717) is 6.04 Å². The third-order valence-electron chi connectivity index (χ3n) is 2.05. The lowest BCUT2D eigenvalue weighted by molar-refractivity contribution is 0.173. The minimum absolute atomic E-state index is 0.238. The molecular weight excluding hydrogens is 142 g/mol. The van der Waals surface area contributed by atoms with Crippen LogP contribution in [0, 0.1) is 0 Å². The van der Waals surface area contributed by atoms with Gasteiger partial charge < -0.3 is 10.2 Å². The highest BCUT2D eigenvalue weighted by atomic mass is 16.3. The third kappa shape index (κ3) is 3.18. The highest BCUT2D eigenvalue weighted by Crippen LogP contribution is 2.26. The molecule has 0 spiro atoms. The average molecular weight is 159 g/mol. The van der Waals surface area contributed by atoms with Crippen LogP contribution in [0.15, 0.2) is 0 Å². The molecule has 0 aliphatic heterocycles. The Bertz CT molecular complexity index is 104. The van der Waals surface area contributed by atoms with Crippen LogP contribution in [-0.2, 0) is 0 Å². The minimum atomic E-state index is 0.238. The van der Waals surface area contributed by atoms with Gasteiger partial charge in [-0.25, -0.2) is 0 Å². The lowest BCUT2D eigenvalue weighted by Gasteiger charge is -2.19. The number of hydrogen-bond donors (Lipinski definition) is 2. The molecule has 0 amide bonds. The van der Waals surface area contributed by atoms with Crippen LogP contribution in [0.3, 0.4) is 0 Å². The maximum absolute atomic E-state index is 8.71. The molecule has 0 aromatic carbocycles. The molecule has 1 aliphatic rings. The summed E-state index contributed by atoms with van der Waals surface area (Å²) in [4.78, 5) is 2.26. The Kier molecular flexibility index (Phi) is 3.83. The zero-order chi connectivity index (χ0) is 8.10. The molecule has 0 heterocycles. The standard InChI is InChI=1S/C8H17NO2/c10-6-1-4-9(5-7-11)8-2-3-8/h8,10-11H,1-7H2. The van der Waals surface area contributed by atoms with Gasteiger partial charge in [0.05, 0.1) is 6.61 Å². The molecule has 0 radical (unpaired) electrons. The molecule has 3 heteroatoms. The van der Waals surface area contributed by atoms with Crippen LogP contribution in [0.25, 0.3) is 0 Å². The molecule has 1 fully saturated rings. The Morgan fingerprint density at radius 1 is 1.09 bits per heavy atom. The molecule has 1 saturated carbocycles. The summed E-state index contributed by atoms with van der Waals surface area (Å²) in [6.07, 6.45) is 3.37. The molecule has 1 rings (SSSR count). The predicted octanol–water partition coefficient (Wildman–Crippen LogP) is -0.175. The summed E-state index contributed by atoms with van der Waals surface area (Å²) in [5, 5.41) is 17.3. The van der Waals surface area contributed by atoms with E-state index in [1.54, 1.807) is 0 Å². The van der Waals surface area contributed by atoms with Gasteiger partial charge in [-0.1, -0.05) is 0 Å². The van der Waals surface area contributed by atoms with Crippen LogP contribution in [0.1, 0.15) is 19.3 Å². The van der Waals surface area contributed by atoms with Crippen molar-refractivity contribution in [3.63, 3.8) is 0 Å². The second-order valence-electron chi connectivity index (χ2n) is 3.07. The highest BCUT2D eigenvalue weighted by Gasteiger charge is 2.27. The molecule has 3 nitrogen and oxygen atoms in total. The molecule has 2 N–H and O–H groups in total. The van der Waals surface area contributed by atoms with E-state index in [0.717, 1.165) is 19.5 Å². The zero-order valence-electron chi connectivity index (χ0n) is 6.87. The molecule has 0 atom stereocenters. The molecule has 11 heavy (non-hydrogen) atoms. The van der Waals surface area contributed by atoms with Gasteiger partial charge in [0.1, 0.15) is 0 Å². The van der Waals surface area contributed by atoms with Gasteiger partial charge in [-0.05, 0) is 19.3 Å². The summed E-state index contributed by atoms with van der Waals surface area (Å²) >= 11 is 0. The first-order valence-electron chi connectivity index (χ1n) is 4.34. The van der Waals surface area contributed by atoms with Crippen molar-refractivity contribution in [1.82, 2.24) is 4.90 Å². The van der Waals surface area contributed by atoms with E-state index in [2.05, 4.69) is 4.90 Å². The van der Waals surface area contributed by atoms with Gasteiger partial charge in [0, 0.05) is 25.7 Å². The van der Waals surface area contributed by atoms with Crippen LogP contribution in [-0.4, -0.2) is 47.5 Å².